The molecule has 0 amide bonds. The summed E-state index contributed by atoms with van der Waals surface area (Å²) in [5.74, 6) is -0.770. The Morgan fingerprint density at radius 3 is 2.53 bits per heavy atom. The minimum atomic E-state index is -0.814. The van der Waals surface area contributed by atoms with Crippen LogP contribution in [-0.4, -0.2) is 35.8 Å². The van der Waals surface area contributed by atoms with Crippen LogP contribution in [0.5, 0.6) is 0 Å². The molecule has 30 heavy (non-hydrogen) atoms. The Bertz CT molecular complexity index is 1290. The van der Waals surface area contributed by atoms with E-state index in [0.29, 0.717) is 34.4 Å². The standard InChI is InChI=1S/C19H19Cl2N5O4/c1-24-14-15(23-18(24)22-11-6-10(7-11)17(28)29)25(2)19(30)26(16(14)27)8-9-3-4-12(20)13(21)5-9/h3-5,10-11H,6-8H2,1-2H3,(H,22,23)(H,28,29)/t10-,11-. The maximum Gasteiger partial charge on any atom is 0.332 e. The SMILES string of the molecule is Cn1c(N[C@H]2C[C@H](C(=O)O)C2)nc2c1c(=O)n(Cc1ccc(Cl)c(Cl)c1)c(=O)n2C. The molecule has 0 saturated heterocycles. The number of imidazole rings is 1. The van der Waals surface area contributed by atoms with Crippen LogP contribution >= 0.6 is 23.2 Å². The fourth-order valence-corrected chi connectivity index (χ4v) is 3.97. The molecule has 1 aliphatic rings. The normalized spacial score (nSPS) is 18.4. The molecule has 0 bridgehead atoms. The molecule has 158 valence electrons. The fraction of sp³-hybridized carbons (Fsp3) is 0.368. The molecule has 1 aromatic carbocycles. The molecule has 0 radical (unpaired) electrons. The Labute approximate surface area is 180 Å². The van der Waals surface area contributed by atoms with Gasteiger partial charge in [0.1, 0.15) is 0 Å². The lowest BCUT2D eigenvalue weighted by Gasteiger charge is -2.33. The summed E-state index contributed by atoms with van der Waals surface area (Å²) in [5, 5.41) is 12.9. The zero-order valence-electron chi connectivity index (χ0n) is 16.2. The predicted molar refractivity (Wildman–Crippen MR) is 114 cm³/mol. The van der Waals surface area contributed by atoms with E-state index in [-0.39, 0.29) is 29.7 Å². The Balaban J connectivity index is 1.72. The first-order chi connectivity index (χ1) is 14.2. The molecule has 0 aliphatic heterocycles. The molecule has 4 rings (SSSR count). The van der Waals surface area contributed by atoms with Crippen LogP contribution in [0.15, 0.2) is 27.8 Å². The quantitative estimate of drug-likeness (QED) is 0.613. The monoisotopic (exact) mass is 451 g/mol. The Morgan fingerprint density at radius 1 is 1.20 bits per heavy atom. The van der Waals surface area contributed by atoms with E-state index in [1.807, 2.05) is 0 Å². The molecule has 0 atom stereocenters. The van der Waals surface area contributed by atoms with Gasteiger partial charge in [-0.15, -0.1) is 0 Å². The summed E-state index contributed by atoms with van der Waals surface area (Å²) in [4.78, 5) is 41.4. The minimum absolute atomic E-state index is 0.0369. The number of rotatable bonds is 5. The number of aryl methyl sites for hydroxylation is 2. The second-order valence-electron chi connectivity index (χ2n) is 7.50. The molecule has 2 aromatic heterocycles. The number of nitrogens with one attached hydrogen (secondary N) is 1. The minimum Gasteiger partial charge on any atom is -0.481 e. The first kappa shape index (κ1) is 20.5. The van der Waals surface area contributed by atoms with Crippen molar-refractivity contribution in [2.24, 2.45) is 20.0 Å². The third-order valence-electron chi connectivity index (χ3n) is 5.51. The molecular formula is C19H19Cl2N5O4. The Hall–Kier alpha value is -2.78. The third-order valence-corrected chi connectivity index (χ3v) is 6.24. The van der Waals surface area contributed by atoms with Gasteiger partial charge in [-0.2, -0.15) is 4.98 Å². The number of hydrogen-bond donors (Lipinski definition) is 2. The summed E-state index contributed by atoms with van der Waals surface area (Å²) in [6, 6.07) is 4.89. The Kier molecular flexibility index (Phi) is 5.11. The van der Waals surface area contributed by atoms with E-state index in [0.717, 1.165) is 4.57 Å². The summed E-state index contributed by atoms with van der Waals surface area (Å²) in [6.45, 7) is 0.0369. The number of carboxylic acid groups (broad SMARTS) is 1. The maximum absolute atomic E-state index is 13.1. The number of halogens is 2. The van der Waals surface area contributed by atoms with Gasteiger partial charge < -0.3 is 15.0 Å². The summed E-state index contributed by atoms with van der Waals surface area (Å²) in [7, 11) is 3.23. The van der Waals surface area contributed by atoms with Crippen LogP contribution in [0.1, 0.15) is 18.4 Å². The number of aliphatic carboxylic acids is 1. The molecule has 9 nitrogen and oxygen atoms in total. The predicted octanol–water partition coefficient (Wildman–Crippen LogP) is 2.06. The number of carbonyl (C=O) groups is 1. The summed E-state index contributed by atoms with van der Waals surface area (Å²) < 4.78 is 4.04. The van der Waals surface area contributed by atoms with E-state index in [2.05, 4.69) is 10.3 Å². The topological polar surface area (TPSA) is 111 Å². The van der Waals surface area contributed by atoms with Crippen LogP contribution in [0.3, 0.4) is 0 Å². The van der Waals surface area contributed by atoms with E-state index < -0.39 is 17.2 Å². The molecule has 1 fully saturated rings. The maximum atomic E-state index is 13.1. The van der Waals surface area contributed by atoms with Crippen LogP contribution in [-0.2, 0) is 25.4 Å². The molecule has 2 N–H and O–H groups in total. The molecular weight excluding hydrogens is 433 g/mol. The van der Waals surface area contributed by atoms with Gasteiger partial charge in [-0.05, 0) is 30.5 Å². The fourth-order valence-electron chi connectivity index (χ4n) is 3.65. The van der Waals surface area contributed by atoms with Gasteiger partial charge in [-0.25, -0.2) is 4.79 Å². The van der Waals surface area contributed by atoms with Gasteiger partial charge in [0, 0.05) is 20.1 Å². The lowest BCUT2D eigenvalue weighted by molar-refractivity contribution is -0.144. The summed E-state index contributed by atoms with van der Waals surface area (Å²) in [5.41, 5.74) is 0.220. The largest absolute Gasteiger partial charge is 0.481 e. The van der Waals surface area contributed by atoms with Crippen molar-refractivity contribution in [3.63, 3.8) is 0 Å². The van der Waals surface area contributed by atoms with Crippen LogP contribution in [0.4, 0.5) is 5.95 Å². The van der Waals surface area contributed by atoms with Crippen molar-refractivity contribution in [3.8, 4) is 0 Å². The highest BCUT2D eigenvalue weighted by Crippen LogP contribution is 2.30. The second-order valence-corrected chi connectivity index (χ2v) is 8.31. The summed E-state index contributed by atoms with van der Waals surface area (Å²) in [6.07, 6.45) is 0.970. The van der Waals surface area contributed by atoms with Crippen LogP contribution in [0.2, 0.25) is 10.0 Å². The van der Waals surface area contributed by atoms with Gasteiger partial charge in [-0.1, -0.05) is 29.3 Å². The number of hydrogen-bond acceptors (Lipinski definition) is 5. The van der Waals surface area contributed by atoms with Gasteiger partial charge in [-0.3, -0.25) is 18.7 Å². The average molecular weight is 452 g/mol. The van der Waals surface area contributed by atoms with Crippen LogP contribution in [0.25, 0.3) is 11.2 Å². The molecule has 3 aromatic rings. The second kappa shape index (κ2) is 7.48. The van der Waals surface area contributed by atoms with Gasteiger partial charge in [0.15, 0.2) is 11.2 Å². The van der Waals surface area contributed by atoms with E-state index in [1.165, 1.54) is 4.57 Å². The van der Waals surface area contributed by atoms with Gasteiger partial charge in [0.05, 0.1) is 22.5 Å². The smallest absolute Gasteiger partial charge is 0.332 e. The van der Waals surface area contributed by atoms with E-state index in [1.54, 1.807) is 36.9 Å². The lowest BCUT2D eigenvalue weighted by atomic mass is 9.80. The van der Waals surface area contributed by atoms with Crippen molar-refractivity contribution < 1.29 is 9.90 Å². The number of fused-ring (bicyclic) bond motifs is 1. The van der Waals surface area contributed by atoms with Crippen LogP contribution in [0, 0.1) is 5.92 Å². The van der Waals surface area contributed by atoms with Crippen molar-refractivity contribution in [3.05, 3.63) is 54.6 Å². The average Bonchev–Trinajstić information content (AvgIpc) is 2.98. The van der Waals surface area contributed by atoms with Gasteiger partial charge in [0.25, 0.3) is 5.56 Å². The van der Waals surface area contributed by atoms with E-state index in [4.69, 9.17) is 28.3 Å². The molecule has 1 aliphatic carbocycles. The molecule has 0 unspecified atom stereocenters. The molecule has 0 spiro atoms. The highest BCUT2D eigenvalue weighted by atomic mass is 35.5. The Morgan fingerprint density at radius 2 is 1.90 bits per heavy atom. The first-order valence-electron chi connectivity index (χ1n) is 9.27. The highest BCUT2D eigenvalue weighted by Gasteiger charge is 2.35. The van der Waals surface area contributed by atoms with Crippen molar-refractivity contribution in [2.75, 3.05) is 5.32 Å². The number of carboxylic acids is 1. The number of benzene rings is 1. The lowest BCUT2D eigenvalue weighted by Crippen LogP contribution is -2.40. The number of aromatic nitrogens is 4. The van der Waals surface area contributed by atoms with E-state index >= 15 is 0 Å². The molecule has 1 saturated carbocycles. The molecule has 11 heteroatoms. The molecule has 2 heterocycles. The summed E-state index contributed by atoms with van der Waals surface area (Å²) >= 11 is 12.0. The number of anilines is 1. The zero-order valence-corrected chi connectivity index (χ0v) is 17.7. The number of nitrogens with zero attached hydrogens (tertiary/aromatic N) is 4. The zero-order chi connectivity index (χ0) is 21.7. The van der Waals surface area contributed by atoms with Gasteiger partial charge >= 0.3 is 11.7 Å². The van der Waals surface area contributed by atoms with Crippen molar-refractivity contribution in [1.29, 1.82) is 0 Å². The third kappa shape index (κ3) is 3.37. The van der Waals surface area contributed by atoms with Gasteiger partial charge in [0.2, 0.25) is 5.95 Å². The van der Waals surface area contributed by atoms with Crippen molar-refractivity contribution in [1.82, 2.24) is 18.7 Å². The van der Waals surface area contributed by atoms with Crippen LogP contribution < -0.4 is 16.6 Å². The van der Waals surface area contributed by atoms with Crippen molar-refractivity contribution in [2.45, 2.75) is 25.4 Å². The van der Waals surface area contributed by atoms with Crippen molar-refractivity contribution >= 4 is 46.3 Å². The first-order valence-corrected chi connectivity index (χ1v) is 10.0. The van der Waals surface area contributed by atoms with E-state index in [9.17, 15) is 14.4 Å². The highest BCUT2D eigenvalue weighted by molar-refractivity contribution is 6.42.